The zero-order valence-corrected chi connectivity index (χ0v) is 25.7. The van der Waals surface area contributed by atoms with E-state index in [0.717, 1.165) is 5.56 Å². The lowest BCUT2D eigenvalue weighted by Gasteiger charge is -2.39. The van der Waals surface area contributed by atoms with Gasteiger partial charge >= 0.3 is 5.97 Å². The number of carbonyl (C=O) groups excluding carboxylic acids is 4. The second-order valence-corrected chi connectivity index (χ2v) is 12.5. The molecule has 1 aromatic rings. The van der Waals surface area contributed by atoms with Crippen molar-refractivity contribution in [2.24, 2.45) is 11.8 Å². The minimum absolute atomic E-state index is 0.0753. The van der Waals surface area contributed by atoms with Gasteiger partial charge in [0.05, 0.1) is 30.5 Å². The number of allylic oxidation sites excluding steroid dienone is 1. The van der Waals surface area contributed by atoms with Gasteiger partial charge in [0.1, 0.15) is 24.4 Å². The van der Waals surface area contributed by atoms with Crippen LogP contribution < -0.4 is 5.32 Å². The van der Waals surface area contributed by atoms with Crippen LogP contribution in [0.5, 0.6) is 0 Å². The van der Waals surface area contributed by atoms with Crippen molar-refractivity contribution in [1.82, 2.24) is 15.1 Å². The minimum atomic E-state index is -1.39. The fourth-order valence-corrected chi connectivity index (χ4v) is 7.42. The number of hydrogen-bond donors (Lipinski definition) is 2. The molecule has 2 saturated heterocycles. The molecule has 42 heavy (non-hydrogen) atoms. The van der Waals surface area contributed by atoms with Crippen LogP contribution in [-0.4, -0.2) is 88.2 Å². The fourth-order valence-electron chi connectivity index (χ4n) is 6.68. The first-order valence-corrected chi connectivity index (χ1v) is 15.4. The molecule has 0 aromatic heterocycles. The maximum Gasteiger partial charge on any atom is 0.306 e. The second kappa shape index (κ2) is 12.3. The van der Waals surface area contributed by atoms with Crippen LogP contribution in [0.3, 0.4) is 0 Å². The summed E-state index contributed by atoms with van der Waals surface area (Å²) in [4.78, 5) is 58.6. The van der Waals surface area contributed by atoms with Gasteiger partial charge < -0.3 is 29.7 Å². The predicted octanol–water partition coefficient (Wildman–Crippen LogP) is 2.62. The topological polar surface area (TPSA) is 125 Å². The van der Waals surface area contributed by atoms with E-state index in [9.17, 15) is 24.3 Å². The number of benzene rings is 1. The number of fused-ring (bicyclic) bond motifs is 2. The van der Waals surface area contributed by atoms with Crippen LogP contribution >= 0.6 is 15.9 Å². The highest BCUT2D eigenvalue weighted by Crippen LogP contribution is 2.59. The molecule has 0 radical (unpaired) electrons. The molecule has 4 aliphatic heterocycles. The molecular formula is C31H38BrN3O7. The normalized spacial score (nSPS) is 33.4. The highest BCUT2D eigenvalue weighted by molar-refractivity contribution is 9.11. The van der Waals surface area contributed by atoms with Crippen LogP contribution in [0.15, 0.2) is 53.0 Å². The van der Waals surface area contributed by atoms with Gasteiger partial charge in [-0.1, -0.05) is 65.3 Å². The summed E-state index contributed by atoms with van der Waals surface area (Å²) in [7, 11) is 0. The number of esters is 1. The molecule has 11 heteroatoms. The molecule has 5 bridgehead atoms. The van der Waals surface area contributed by atoms with E-state index in [1.165, 1.54) is 4.90 Å². The lowest BCUT2D eigenvalue weighted by Crippen LogP contribution is -2.59. The van der Waals surface area contributed by atoms with Gasteiger partial charge in [0, 0.05) is 23.5 Å². The summed E-state index contributed by atoms with van der Waals surface area (Å²) in [5.74, 6) is -3.47. The number of nitrogens with one attached hydrogen (secondary N) is 1. The third-order valence-corrected chi connectivity index (χ3v) is 9.48. The van der Waals surface area contributed by atoms with Crippen molar-refractivity contribution in [3.05, 3.63) is 58.6 Å². The summed E-state index contributed by atoms with van der Waals surface area (Å²) in [6, 6.07) is 6.63. The quantitative estimate of drug-likeness (QED) is 0.373. The van der Waals surface area contributed by atoms with Gasteiger partial charge in [0.15, 0.2) is 0 Å². The van der Waals surface area contributed by atoms with Gasteiger partial charge in [-0.05, 0) is 38.3 Å². The Kier molecular flexibility index (Phi) is 8.91. The lowest BCUT2D eigenvalue weighted by atomic mass is 9.74. The predicted molar refractivity (Wildman–Crippen MR) is 157 cm³/mol. The zero-order valence-electron chi connectivity index (χ0n) is 24.1. The summed E-state index contributed by atoms with van der Waals surface area (Å²) in [5.41, 5.74) is -0.641. The first-order valence-electron chi connectivity index (χ1n) is 14.6. The van der Waals surface area contributed by atoms with E-state index in [1.54, 1.807) is 11.0 Å². The standard InChI is InChI=1S/C31H38BrN3O7/c1-4-20(16-36)35-27-30(40)34(18(2)3)14-10-6-9-13-23(37)41-17-22(19-11-7-5-8-12-19)33-28(38)24-25(29(35)39)31(27)15-21(32)26(24)42-31/h5-8,10-12,15,18,20,22,24-27,36H,4,9,13-14,16-17H2,1-3H3,(H,33,38)/b10-6-/t20-,22+,24+,25-,26+,27+,31-/m0/s1. The van der Waals surface area contributed by atoms with Crippen LogP contribution in [0, 0.1) is 11.8 Å². The summed E-state index contributed by atoms with van der Waals surface area (Å²) in [6.45, 7) is 5.49. The summed E-state index contributed by atoms with van der Waals surface area (Å²) in [5, 5.41) is 13.3. The number of carbonyl (C=O) groups is 4. The van der Waals surface area contributed by atoms with Crippen molar-refractivity contribution in [2.75, 3.05) is 19.8 Å². The average molecular weight is 645 g/mol. The molecule has 3 amide bonds. The number of cyclic esters (lactones) is 1. The van der Waals surface area contributed by atoms with E-state index in [0.29, 0.717) is 17.3 Å². The van der Waals surface area contributed by atoms with Gasteiger partial charge in [-0.3, -0.25) is 19.2 Å². The van der Waals surface area contributed by atoms with E-state index in [-0.39, 0.29) is 38.1 Å². The number of nitrogens with zero attached hydrogens (tertiary/aromatic N) is 2. The molecule has 10 nitrogen and oxygen atoms in total. The van der Waals surface area contributed by atoms with Crippen LogP contribution in [0.4, 0.5) is 0 Å². The van der Waals surface area contributed by atoms with E-state index < -0.39 is 59.5 Å². The Bertz CT molecular complexity index is 1280. The van der Waals surface area contributed by atoms with Gasteiger partial charge in [0.25, 0.3) is 0 Å². The molecule has 5 rings (SSSR count). The molecule has 4 aliphatic rings. The minimum Gasteiger partial charge on any atom is -0.463 e. The smallest absolute Gasteiger partial charge is 0.306 e. The largest absolute Gasteiger partial charge is 0.463 e. The number of ether oxygens (including phenoxy) is 2. The molecule has 226 valence electrons. The number of aliphatic hydroxyl groups is 1. The Morgan fingerprint density at radius 2 is 1.86 bits per heavy atom. The summed E-state index contributed by atoms with van der Waals surface area (Å²) >= 11 is 3.57. The average Bonchev–Trinajstić information content (AvgIpc) is 3.56. The number of rotatable bonds is 5. The van der Waals surface area contributed by atoms with E-state index in [1.807, 2.05) is 63.3 Å². The van der Waals surface area contributed by atoms with Crippen LogP contribution in [-0.2, 0) is 28.7 Å². The van der Waals surface area contributed by atoms with Crippen molar-refractivity contribution in [3.8, 4) is 0 Å². The first kappa shape index (κ1) is 30.4. The van der Waals surface area contributed by atoms with Crippen molar-refractivity contribution < 1.29 is 33.8 Å². The molecule has 4 heterocycles. The van der Waals surface area contributed by atoms with Crippen LogP contribution in [0.1, 0.15) is 51.6 Å². The van der Waals surface area contributed by atoms with Gasteiger partial charge in [-0.15, -0.1) is 0 Å². The Hall–Kier alpha value is -3.02. The lowest BCUT2D eigenvalue weighted by molar-refractivity contribution is -0.151. The van der Waals surface area contributed by atoms with Gasteiger partial charge in [-0.2, -0.15) is 0 Å². The highest BCUT2D eigenvalue weighted by Gasteiger charge is 2.75. The molecule has 2 fully saturated rings. The third kappa shape index (κ3) is 5.20. The fraction of sp³-hybridized carbons (Fsp3) is 0.548. The first-order chi connectivity index (χ1) is 20.1. The van der Waals surface area contributed by atoms with Gasteiger partial charge in [-0.25, -0.2) is 0 Å². The Morgan fingerprint density at radius 1 is 1.12 bits per heavy atom. The Balaban J connectivity index is 1.61. The molecule has 7 atom stereocenters. The summed E-state index contributed by atoms with van der Waals surface area (Å²) < 4.78 is 12.7. The summed E-state index contributed by atoms with van der Waals surface area (Å²) in [6.07, 6.45) is 5.68. The van der Waals surface area contributed by atoms with Crippen molar-refractivity contribution in [1.29, 1.82) is 0 Å². The monoisotopic (exact) mass is 643 g/mol. The van der Waals surface area contributed by atoms with Crippen molar-refractivity contribution >= 4 is 39.6 Å². The Morgan fingerprint density at radius 3 is 2.52 bits per heavy atom. The second-order valence-electron chi connectivity index (χ2n) is 11.6. The molecule has 0 saturated carbocycles. The zero-order chi connectivity index (χ0) is 30.2. The van der Waals surface area contributed by atoms with Crippen molar-refractivity contribution in [3.63, 3.8) is 0 Å². The van der Waals surface area contributed by atoms with Crippen LogP contribution in [0.25, 0.3) is 0 Å². The molecule has 2 N–H and O–H groups in total. The number of aliphatic hydroxyl groups excluding tert-OH is 1. The van der Waals surface area contributed by atoms with E-state index >= 15 is 0 Å². The molecule has 0 unspecified atom stereocenters. The molecule has 1 aromatic carbocycles. The molecular weight excluding hydrogens is 606 g/mol. The van der Waals surface area contributed by atoms with Gasteiger partial charge in [0.2, 0.25) is 17.7 Å². The number of halogens is 1. The molecule has 0 aliphatic carbocycles. The Labute approximate surface area is 254 Å². The van der Waals surface area contributed by atoms with E-state index in [2.05, 4.69) is 21.2 Å². The van der Waals surface area contributed by atoms with Crippen LogP contribution in [0.2, 0.25) is 0 Å². The number of hydrogen-bond acceptors (Lipinski definition) is 7. The highest BCUT2D eigenvalue weighted by atomic mass is 79.9. The number of likely N-dealkylation sites (tertiary alicyclic amines) is 1. The SMILES string of the molecule is CC[C@@H](CO)N1C(=O)[C@@H]2[C@H]3C(=O)N[C@@H](c4ccccc4)COC(=O)CC/C=C\CN(C(C)C)C(=O)[C@@H]1[C@]21C=C(Br)[C@H]3O1. The third-order valence-electron chi connectivity index (χ3n) is 8.80. The maximum atomic E-state index is 14.4. The maximum absolute atomic E-state index is 14.4. The van der Waals surface area contributed by atoms with E-state index in [4.69, 9.17) is 9.47 Å². The molecule has 1 spiro atoms. The number of amides is 3. The van der Waals surface area contributed by atoms with Crippen molar-refractivity contribution in [2.45, 2.75) is 75.9 Å².